The van der Waals surface area contributed by atoms with Crippen LogP contribution in [0.2, 0.25) is 0 Å². The zero-order chi connectivity index (χ0) is 21.6. The molecule has 31 heavy (non-hydrogen) atoms. The van der Waals surface area contributed by atoms with Crippen LogP contribution in [-0.4, -0.2) is 35.4 Å². The van der Waals surface area contributed by atoms with Gasteiger partial charge in [-0.15, -0.1) is 0 Å². The molecule has 2 amide bonds. The van der Waals surface area contributed by atoms with Gasteiger partial charge in [-0.3, -0.25) is 14.6 Å². The average molecular weight is 421 g/mol. The molecular formula is C24H28N4O3. The number of rotatable bonds is 7. The third kappa shape index (κ3) is 5.05. The van der Waals surface area contributed by atoms with Crippen molar-refractivity contribution in [1.29, 1.82) is 0 Å². The van der Waals surface area contributed by atoms with E-state index in [-0.39, 0.29) is 17.7 Å². The number of carbonyl (C=O) groups excluding carboxylic acids is 2. The first-order chi connectivity index (χ1) is 15.1. The Balaban J connectivity index is 1.25. The van der Waals surface area contributed by atoms with Gasteiger partial charge in [-0.2, -0.15) is 0 Å². The number of methoxy groups -OCH3 is 1. The summed E-state index contributed by atoms with van der Waals surface area (Å²) in [4.78, 5) is 32.4. The van der Waals surface area contributed by atoms with Gasteiger partial charge in [0.25, 0.3) is 5.91 Å². The lowest BCUT2D eigenvalue weighted by molar-refractivity contribution is -0.126. The highest BCUT2D eigenvalue weighted by Gasteiger charge is 2.26. The highest BCUT2D eigenvalue weighted by atomic mass is 16.5. The number of ether oxygens (including phenoxy) is 1. The third-order valence-corrected chi connectivity index (χ3v) is 6.08. The minimum atomic E-state index is -0.128. The van der Waals surface area contributed by atoms with Crippen LogP contribution in [0.1, 0.15) is 41.6 Å². The summed E-state index contributed by atoms with van der Waals surface area (Å²) < 4.78 is 5.40. The number of aromatic amines is 1. The Morgan fingerprint density at radius 1 is 1.16 bits per heavy atom. The fourth-order valence-corrected chi connectivity index (χ4v) is 4.22. The van der Waals surface area contributed by atoms with Crippen LogP contribution >= 0.6 is 0 Å². The van der Waals surface area contributed by atoms with Crippen molar-refractivity contribution in [2.24, 2.45) is 11.8 Å². The Morgan fingerprint density at radius 2 is 2.00 bits per heavy atom. The van der Waals surface area contributed by atoms with Crippen LogP contribution in [0.5, 0.6) is 5.75 Å². The quantitative estimate of drug-likeness (QED) is 0.546. The molecule has 0 saturated heterocycles. The molecule has 2 heterocycles. The number of fused-ring (bicyclic) bond motifs is 1. The maximum atomic E-state index is 12.8. The van der Waals surface area contributed by atoms with E-state index in [1.165, 1.54) is 0 Å². The summed E-state index contributed by atoms with van der Waals surface area (Å²) in [5.41, 5.74) is 2.48. The van der Waals surface area contributed by atoms with Gasteiger partial charge in [0, 0.05) is 54.6 Å². The smallest absolute Gasteiger partial charge is 0.255 e. The molecule has 1 aliphatic rings. The first-order valence-electron chi connectivity index (χ1n) is 10.7. The van der Waals surface area contributed by atoms with Crippen molar-refractivity contribution in [3.05, 3.63) is 60.0 Å². The number of amides is 2. The molecule has 4 rings (SSSR count). The van der Waals surface area contributed by atoms with Crippen LogP contribution in [0, 0.1) is 11.8 Å². The minimum Gasteiger partial charge on any atom is -0.496 e. The molecule has 7 heteroatoms. The molecule has 1 saturated carbocycles. The molecule has 0 aliphatic heterocycles. The first kappa shape index (κ1) is 20.9. The van der Waals surface area contributed by atoms with Crippen molar-refractivity contribution in [3.63, 3.8) is 0 Å². The van der Waals surface area contributed by atoms with Gasteiger partial charge in [0.1, 0.15) is 5.75 Å². The normalized spacial score (nSPS) is 18.5. The van der Waals surface area contributed by atoms with Crippen molar-refractivity contribution in [1.82, 2.24) is 20.6 Å². The number of hydrogen-bond donors (Lipinski definition) is 3. The second kappa shape index (κ2) is 9.64. The average Bonchev–Trinajstić information content (AvgIpc) is 3.28. The lowest BCUT2D eigenvalue weighted by Crippen LogP contribution is -2.36. The number of hydrogen-bond acceptors (Lipinski definition) is 4. The van der Waals surface area contributed by atoms with Gasteiger partial charge in [0.15, 0.2) is 0 Å². The first-order valence-corrected chi connectivity index (χ1v) is 10.7. The summed E-state index contributed by atoms with van der Waals surface area (Å²) in [7, 11) is 1.57. The second-order valence-corrected chi connectivity index (χ2v) is 8.12. The number of benzene rings is 1. The standard InChI is InChI=1S/C24H28N4O3/c1-31-22-12-21-19(8-10-26-21)11-20(22)24(30)28-14-16-4-6-18(7-5-16)23(29)27-15-17-3-2-9-25-13-17/h2-3,8-13,16,18,26H,4-7,14-15H2,1H3,(H,27,29)(H,28,30). The lowest BCUT2D eigenvalue weighted by atomic mass is 9.81. The molecular weight excluding hydrogens is 392 g/mol. The Kier molecular flexibility index (Phi) is 6.50. The molecule has 1 aliphatic carbocycles. The van der Waals surface area contributed by atoms with Crippen molar-refractivity contribution in [3.8, 4) is 5.75 Å². The summed E-state index contributed by atoms with van der Waals surface area (Å²) in [5.74, 6) is 0.960. The number of carbonyl (C=O) groups is 2. The van der Waals surface area contributed by atoms with Crippen LogP contribution in [0.15, 0.2) is 48.9 Å². The Bertz CT molecular complexity index is 1040. The van der Waals surface area contributed by atoms with Gasteiger partial charge in [-0.05, 0) is 55.4 Å². The SMILES string of the molecule is COc1cc2[nH]ccc2cc1C(=O)NCC1CCC(C(=O)NCc2cccnc2)CC1. The van der Waals surface area contributed by atoms with Crippen LogP contribution in [0.3, 0.4) is 0 Å². The van der Waals surface area contributed by atoms with Gasteiger partial charge in [0.05, 0.1) is 12.7 Å². The summed E-state index contributed by atoms with van der Waals surface area (Å²) in [5, 5.41) is 7.05. The second-order valence-electron chi connectivity index (χ2n) is 8.12. The van der Waals surface area contributed by atoms with E-state index < -0.39 is 0 Å². The van der Waals surface area contributed by atoms with Crippen molar-refractivity contribution >= 4 is 22.7 Å². The number of H-pyrrole nitrogens is 1. The van der Waals surface area contributed by atoms with E-state index in [4.69, 9.17) is 4.74 Å². The van der Waals surface area contributed by atoms with Crippen LogP contribution in [-0.2, 0) is 11.3 Å². The zero-order valence-electron chi connectivity index (χ0n) is 17.7. The molecule has 0 unspecified atom stereocenters. The molecule has 162 valence electrons. The highest BCUT2D eigenvalue weighted by Crippen LogP contribution is 2.29. The van der Waals surface area contributed by atoms with Gasteiger partial charge in [-0.25, -0.2) is 0 Å². The van der Waals surface area contributed by atoms with E-state index in [0.29, 0.717) is 30.3 Å². The maximum Gasteiger partial charge on any atom is 0.255 e. The van der Waals surface area contributed by atoms with E-state index in [2.05, 4.69) is 20.6 Å². The molecule has 0 bridgehead atoms. The molecule has 0 spiro atoms. The lowest BCUT2D eigenvalue weighted by Gasteiger charge is -2.28. The maximum absolute atomic E-state index is 12.8. The highest BCUT2D eigenvalue weighted by molar-refractivity contribution is 6.01. The Hall–Kier alpha value is -3.35. The third-order valence-electron chi connectivity index (χ3n) is 6.08. The summed E-state index contributed by atoms with van der Waals surface area (Å²) in [6.07, 6.45) is 8.88. The summed E-state index contributed by atoms with van der Waals surface area (Å²) in [6.45, 7) is 1.12. The fourth-order valence-electron chi connectivity index (χ4n) is 4.22. The molecule has 0 radical (unpaired) electrons. The van der Waals surface area contributed by atoms with E-state index in [9.17, 15) is 9.59 Å². The molecule has 3 N–H and O–H groups in total. The minimum absolute atomic E-state index is 0.0414. The molecule has 3 aromatic rings. The Labute approximate surface area is 181 Å². The number of nitrogens with zero attached hydrogens (tertiary/aromatic N) is 1. The van der Waals surface area contributed by atoms with Gasteiger partial charge in [0.2, 0.25) is 5.91 Å². The van der Waals surface area contributed by atoms with Gasteiger partial charge < -0.3 is 20.4 Å². The number of nitrogens with one attached hydrogen (secondary N) is 3. The van der Waals surface area contributed by atoms with Crippen molar-refractivity contribution in [2.45, 2.75) is 32.2 Å². The molecule has 1 fully saturated rings. The number of aromatic nitrogens is 2. The molecule has 2 aromatic heterocycles. The van der Waals surface area contributed by atoms with Gasteiger partial charge in [-0.1, -0.05) is 6.07 Å². The fraction of sp³-hybridized carbons (Fsp3) is 0.375. The van der Waals surface area contributed by atoms with Crippen LogP contribution in [0.25, 0.3) is 10.9 Å². The van der Waals surface area contributed by atoms with E-state index >= 15 is 0 Å². The zero-order valence-corrected chi connectivity index (χ0v) is 17.7. The Morgan fingerprint density at radius 3 is 2.74 bits per heavy atom. The van der Waals surface area contributed by atoms with Gasteiger partial charge >= 0.3 is 0 Å². The van der Waals surface area contributed by atoms with Crippen LogP contribution in [0.4, 0.5) is 0 Å². The molecule has 0 atom stereocenters. The molecule has 1 aromatic carbocycles. The number of pyridine rings is 1. The predicted octanol–water partition coefficient (Wildman–Crippen LogP) is 3.42. The van der Waals surface area contributed by atoms with Crippen LogP contribution < -0.4 is 15.4 Å². The van der Waals surface area contributed by atoms with E-state index in [1.807, 2.05) is 36.5 Å². The molecule has 7 nitrogen and oxygen atoms in total. The predicted molar refractivity (Wildman–Crippen MR) is 119 cm³/mol. The topological polar surface area (TPSA) is 96.1 Å². The summed E-state index contributed by atoms with van der Waals surface area (Å²) in [6, 6.07) is 9.46. The largest absolute Gasteiger partial charge is 0.496 e. The monoisotopic (exact) mass is 420 g/mol. The van der Waals surface area contributed by atoms with E-state index in [1.54, 1.807) is 19.5 Å². The van der Waals surface area contributed by atoms with E-state index in [0.717, 1.165) is 42.1 Å². The summed E-state index contributed by atoms with van der Waals surface area (Å²) >= 11 is 0. The van der Waals surface area contributed by atoms with Crippen molar-refractivity contribution in [2.75, 3.05) is 13.7 Å². The van der Waals surface area contributed by atoms with Crippen molar-refractivity contribution < 1.29 is 14.3 Å².